The SMILES string of the molecule is COc1ccc(N2CCOCC2)c2sc(NC(=O)c3ccc(CNCC(=O)CN(C)C)cc3)nc12. The molecule has 1 fully saturated rings. The highest BCUT2D eigenvalue weighted by atomic mass is 32.1. The maximum Gasteiger partial charge on any atom is 0.257 e. The monoisotopic (exact) mass is 497 g/mol. The van der Waals surface area contributed by atoms with Crippen LogP contribution in [-0.4, -0.2) is 82.2 Å². The van der Waals surface area contributed by atoms with Gasteiger partial charge in [-0.15, -0.1) is 0 Å². The number of fused-ring (bicyclic) bond motifs is 1. The third kappa shape index (κ3) is 6.34. The van der Waals surface area contributed by atoms with Gasteiger partial charge in [0.1, 0.15) is 11.3 Å². The average Bonchev–Trinajstić information content (AvgIpc) is 3.27. The number of anilines is 2. The highest BCUT2D eigenvalue weighted by Gasteiger charge is 2.20. The van der Waals surface area contributed by atoms with E-state index in [-0.39, 0.29) is 11.7 Å². The molecule has 1 amide bonds. The lowest BCUT2D eigenvalue weighted by Crippen LogP contribution is -2.36. The van der Waals surface area contributed by atoms with Crippen LogP contribution in [0.15, 0.2) is 36.4 Å². The Morgan fingerprint density at radius 2 is 1.89 bits per heavy atom. The highest BCUT2D eigenvalue weighted by molar-refractivity contribution is 7.23. The van der Waals surface area contributed by atoms with E-state index >= 15 is 0 Å². The summed E-state index contributed by atoms with van der Waals surface area (Å²) in [5.41, 5.74) is 3.35. The van der Waals surface area contributed by atoms with Crippen LogP contribution in [0.5, 0.6) is 5.75 Å². The molecule has 0 spiro atoms. The van der Waals surface area contributed by atoms with E-state index in [0.29, 0.717) is 49.3 Å². The van der Waals surface area contributed by atoms with Gasteiger partial charge < -0.3 is 24.6 Å². The number of rotatable bonds is 10. The molecule has 9 nitrogen and oxygen atoms in total. The fraction of sp³-hybridized carbons (Fsp3) is 0.400. The van der Waals surface area contributed by atoms with Crippen molar-refractivity contribution in [3.05, 3.63) is 47.5 Å². The second-order valence-electron chi connectivity index (χ2n) is 8.61. The van der Waals surface area contributed by atoms with Gasteiger partial charge in [0, 0.05) is 25.2 Å². The Morgan fingerprint density at radius 3 is 2.57 bits per heavy atom. The Labute approximate surface area is 209 Å². The van der Waals surface area contributed by atoms with Gasteiger partial charge in [-0.2, -0.15) is 0 Å². The molecular weight excluding hydrogens is 466 g/mol. The number of hydrogen-bond donors (Lipinski definition) is 2. The normalized spacial score (nSPS) is 13.9. The Morgan fingerprint density at radius 1 is 1.14 bits per heavy atom. The summed E-state index contributed by atoms with van der Waals surface area (Å²) in [6, 6.07) is 11.3. The number of benzene rings is 2. The zero-order chi connectivity index (χ0) is 24.8. The highest BCUT2D eigenvalue weighted by Crippen LogP contribution is 2.39. The Hall–Kier alpha value is -3.05. The second-order valence-corrected chi connectivity index (χ2v) is 9.61. The van der Waals surface area contributed by atoms with E-state index in [0.717, 1.165) is 34.6 Å². The minimum atomic E-state index is -0.225. The van der Waals surface area contributed by atoms with Gasteiger partial charge in [-0.05, 0) is 43.9 Å². The van der Waals surface area contributed by atoms with Crippen LogP contribution in [0.1, 0.15) is 15.9 Å². The molecular formula is C25H31N5O4S. The van der Waals surface area contributed by atoms with Gasteiger partial charge in [-0.25, -0.2) is 4.98 Å². The predicted octanol–water partition coefficient (Wildman–Crippen LogP) is 2.61. The van der Waals surface area contributed by atoms with E-state index in [1.165, 1.54) is 11.3 Å². The van der Waals surface area contributed by atoms with Crippen LogP contribution in [0, 0.1) is 0 Å². The van der Waals surface area contributed by atoms with Crippen molar-refractivity contribution < 1.29 is 19.1 Å². The lowest BCUT2D eigenvalue weighted by molar-refractivity contribution is -0.118. The molecule has 0 radical (unpaired) electrons. The van der Waals surface area contributed by atoms with Gasteiger partial charge in [0.15, 0.2) is 10.9 Å². The number of Topliss-reactive ketones (excluding diaryl/α,β-unsaturated/α-hetero) is 1. The van der Waals surface area contributed by atoms with Crippen LogP contribution in [0.3, 0.4) is 0 Å². The molecule has 1 aromatic heterocycles. The third-order valence-electron chi connectivity index (χ3n) is 5.64. The molecule has 0 unspecified atom stereocenters. The summed E-state index contributed by atoms with van der Waals surface area (Å²) in [7, 11) is 5.36. The molecule has 2 heterocycles. The minimum Gasteiger partial charge on any atom is -0.494 e. The van der Waals surface area contributed by atoms with Gasteiger partial charge in [-0.1, -0.05) is 23.5 Å². The van der Waals surface area contributed by atoms with Crippen molar-refractivity contribution in [2.24, 2.45) is 0 Å². The first-order valence-corrected chi connectivity index (χ1v) is 12.3. The zero-order valence-corrected chi connectivity index (χ0v) is 21.1. The quantitative estimate of drug-likeness (QED) is 0.441. The van der Waals surface area contributed by atoms with Crippen molar-refractivity contribution in [3.63, 3.8) is 0 Å². The number of methoxy groups -OCH3 is 1. The molecule has 0 aliphatic carbocycles. The van der Waals surface area contributed by atoms with Crippen LogP contribution in [0.4, 0.5) is 10.8 Å². The zero-order valence-electron chi connectivity index (χ0n) is 20.3. The van der Waals surface area contributed by atoms with E-state index in [2.05, 4.69) is 20.5 Å². The number of nitrogens with one attached hydrogen (secondary N) is 2. The topological polar surface area (TPSA) is 96.0 Å². The summed E-state index contributed by atoms with van der Waals surface area (Å²) < 4.78 is 12.0. The molecule has 0 atom stereocenters. The van der Waals surface area contributed by atoms with Crippen LogP contribution < -0.4 is 20.3 Å². The van der Waals surface area contributed by atoms with Crippen LogP contribution in [0.25, 0.3) is 10.2 Å². The molecule has 0 bridgehead atoms. The third-order valence-corrected chi connectivity index (χ3v) is 6.63. The number of carbonyl (C=O) groups is 2. The summed E-state index contributed by atoms with van der Waals surface area (Å²) in [6.07, 6.45) is 0. The Kier molecular flexibility index (Phi) is 8.29. The van der Waals surface area contributed by atoms with Gasteiger partial charge in [0.25, 0.3) is 5.91 Å². The number of morpholine rings is 1. The first-order valence-electron chi connectivity index (χ1n) is 11.5. The van der Waals surface area contributed by atoms with Crippen LogP contribution in [-0.2, 0) is 16.1 Å². The Balaban J connectivity index is 1.42. The molecule has 1 saturated heterocycles. The second kappa shape index (κ2) is 11.6. The van der Waals surface area contributed by atoms with Gasteiger partial charge in [-0.3, -0.25) is 14.9 Å². The van der Waals surface area contributed by atoms with E-state index < -0.39 is 0 Å². The number of likely N-dealkylation sites (N-methyl/N-ethyl adjacent to an activating group) is 1. The fourth-order valence-corrected chi connectivity index (χ4v) is 4.96. The van der Waals surface area contributed by atoms with E-state index in [4.69, 9.17) is 9.47 Å². The summed E-state index contributed by atoms with van der Waals surface area (Å²) >= 11 is 1.44. The Bertz CT molecular complexity index is 1170. The number of ether oxygens (including phenoxy) is 2. The first-order chi connectivity index (χ1) is 16.9. The summed E-state index contributed by atoms with van der Waals surface area (Å²) in [5, 5.41) is 6.60. The van der Waals surface area contributed by atoms with Crippen LogP contribution >= 0.6 is 11.3 Å². The molecule has 0 saturated carbocycles. The maximum atomic E-state index is 12.9. The number of aromatic nitrogens is 1. The van der Waals surface area contributed by atoms with Crippen LogP contribution in [0.2, 0.25) is 0 Å². The van der Waals surface area contributed by atoms with Gasteiger partial charge in [0.05, 0.1) is 43.8 Å². The number of ketones is 1. The summed E-state index contributed by atoms with van der Waals surface area (Å²) in [4.78, 5) is 33.5. The standard InChI is InChI=1S/C25H31N5O4S/c1-29(2)16-19(31)15-26-14-17-4-6-18(7-5-17)24(32)28-25-27-22-21(33-3)9-8-20(23(22)35-25)30-10-12-34-13-11-30/h4-9,26H,10-16H2,1-3H3,(H,27,28,32). The molecule has 2 N–H and O–H groups in total. The smallest absolute Gasteiger partial charge is 0.257 e. The van der Waals surface area contributed by atoms with Crippen molar-refractivity contribution in [2.75, 3.05) is 70.8 Å². The fourth-order valence-electron chi connectivity index (χ4n) is 3.94. The average molecular weight is 498 g/mol. The molecule has 1 aliphatic heterocycles. The van der Waals surface area contributed by atoms with E-state index in [1.807, 2.05) is 43.3 Å². The largest absolute Gasteiger partial charge is 0.494 e. The lowest BCUT2D eigenvalue weighted by atomic mass is 10.1. The molecule has 3 aromatic rings. The summed E-state index contributed by atoms with van der Waals surface area (Å²) in [6.45, 7) is 4.29. The van der Waals surface area contributed by atoms with Crippen molar-refractivity contribution >= 4 is 44.1 Å². The van der Waals surface area contributed by atoms with Gasteiger partial charge in [0.2, 0.25) is 0 Å². The van der Waals surface area contributed by atoms with Crippen molar-refractivity contribution in [2.45, 2.75) is 6.54 Å². The summed E-state index contributed by atoms with van der Waals surface area (Å²) in [5.74, 6) is 0.585. The molecule has 2 aromatic carbocycles. The predicted molar refractivity (Wildman–Crippen MR) is 139 cm³/mol. The lowest BCUT2D eigenvalue weighted by Gasteiger charge is -2.29. The molecule has 10 heteroatoms. The van der Waals surface area contributed by atoms with E-state index in [9.17, 15) is 9.59 Å². The number of nitrogens with zero attached hydrogens (tertiary/aromatic N) is 3. The number of amides is 1. The van der Waals surface area contributed by atoms with Crippen molar-refractivity contribution in [1.29, 1.82) is 0 Å². The maximum absolute atomic E-state index is 12.9. The van der Waals surface area contributed by atoms with E-state index in [1.54, 1.807) is 19.2 Å². The molecule has 1 aliphatic rings. The van der Waals surface area contributed by atoms with Crippen molar-refractivity contribution in [3.8, 4) is 5.75 Å². The van der Waals surface area contributed by atoms with Gasteiger partial charge >= 0.3 is 0 Å². The number of hydrogen-bond acceptors (Lipinski definition) is 9. The number of carbonyl (C=O) groups excluding carboxylic acids is 2. The molecule has 186 valence electrons. The van der Waals surface area contributed by atoms with Crippen molar-refractivity contribution in [1.82, 2.24) is 15.2 Å². The minimum absolute atomic E-state index is 0.134. The number of thiazole rings is 1. The first kappa shape index (κ1) is 25.1. The molecule has 35 heavy (non-hydrogen) atoms. The molecule has 4 rings (SSSR count).